The Bertz CT molecular complexity index is 263. The molecule has 0 saturated carbocycles. The molecule has 0 aromatic carbocycles. The minimum absolute atomic E-state index is 0.105. The molecule has 0 aliphatic carbocycles. The van der Waals surface area contributed by atoms with Crippen LogP contribution in [0.3, 0.4) is 0 Å². The zero-order valence-electron chi connectivity index (χ0n) is 11.0. The van der Waals surface area contributed by atoms with Gasteiger partial charge in [0.25, 0.3) is 0 Å². The van der Waals surface area contributed by atoms with Crippen LogP contribution in [0.15, 0.2) is 0 Å². The molecule has 0 saturated heterocycles. The zero-order chi connectivity index (χ0) is 13.6. The highest BCUT2D eigenvalue weighted by atomic mass is 16.5. The lowest BCUT2D eigenvalue weighted by Crippen LogP contribution is -2.41. The summed E-state index contributed by atoms with van der Waals surface area (Å²) in [6.45, 7) is 7.41. The molecule has 0 aromatic rings. The third-order valence-electron chi connectivity index (χ3n) is 2.34. The van der Waals surface area contributed by atoms with E-state index < -0.39 is 18.0 Å². The summed E-state index contributed by atoms with van der Waals surface area (Å²) in [5, 5.41) is 8.80. The number of aliphatic carboxylic acids is 1. The maximum atomic E-state index is 11.6. The van der Waals surface area contributed by atoms with Gasteiger partial charge in [-0.2, -0.15) is 0 Å². The van der Waals surface area contributed by atoms with Gasteiger partial charge in [0, 0.05) is 0 Å². The van der Waals surface area contributed by atoms with Crippen molar-refractivity contribution in [3.05, 3.63) is 0 Å². The zero-order valence-corrected chi connectivity index (χ0v) is 11.0. The number of nitrogens with two attached hydrogens (primary N) is 1. The fourth-order valence-corrected chi connectivity index (χ4v) is 1.69. The highest BCUT2D eigenvalue weighted by Gasteiger charge is 2.29. The van der Waals surface area contributed by atoms with E-state index in [-0.39, 0.29) is 24.4 Å². The van der Waals surface area contributed by atoms with Crippen LogP contribution >= 0.6 is 0 Å². The second kappa shape index (κ2) is 7.27. The Morgan fingerprint density at radius 1 is 1.24 bits per heavy atom. The molecule has 2 atom stereocenters. The van der Waals surface area contributed by atoms with Gasteiger partial charge in [0.15, 0.2) is 0 Å². The molecule has 2 unspecified atom stereocenters. The second-order valence-electron chi connectivity index (χ2n) is 5.00. The number of esters is 1. The van der Waals surface area contributed by atoms with Crippen molar-refractivity contribution in [2.45, 2.75) is 52.7 Å². The van der Waals surface area contributed by atoms with E-state index in [1.807, 2.05) is 13.8 Å². The number of hydrogen-bond donors (Lipinski definition) is 2. The predicted molar refractivity (Wildman–Crippen MR) is 64.4 cm³/mol. The maximum Gasteiger partial charge on any atom is 0.323 e. The minimum Gasteiger partial charge on any atom is -0.481 e. The molecule has 0 amide bonds. The number of carbonyl (C=O) groups excluding carboxylic acids is 1. The molecule has 0 radical (unpaired) electrons. The lowest BCUT2D eigenvalue weighted by Gasteiger charge is -2.23. The van der Waals surface area contributed by atoms with Crippen molar-refractivity contribution in [3.63, 3.8) is 0 Å². The summed E-state index contributed by atoms with van der Waals surface area (Å²) in [7, 11) is 0. The molecule has 0 heterocycles. The van der Waals surface area contributed by atoms with E-state index in [0.717, 1.165) is 0 Å². The van der Waals surface area contributed by atoms with E-state index in [2.05, 4.69) is 0 Å². The summed E-state index contributed by atoms with van der Waals surface area (Å²) in [4.78, 5) is 22.4. The fourth-order valence-electron chi connectivity index (χ4n) is 1.69. The van der Waals surface area contributed by atoms with Crippen LogP contribution in [0.1, 0.15) is 40.5 Å². The van der Waals surface area contributed by atoms with Crippen LogP contribution in [0.2, 0.25) is 0 Å². The summed E-state index contributed by atoms with van der Waals surface area (Å²) in [5.74, 6) is -1.55. The lowest BCUT2D eigenvalue weighted by atomic mass is 9.88. The van der Waals surface area contributed by atoms with Crippen molar-refractivity contribution in [3.8, 4) is 0 Å². The van der Waals surface area contributed by atoms with Gasteiger partial charge >= 0.3 is 11.9 Å². The standard InChI is InChI=1S/C12H23NO4/c1-7(2)5-9(6-10(14)15)11(13)12(16)17-8(3)4/h7-9,11H,5-6,13H2,1-4H3,(H,14,15). The number of carboxylic acid groups (broad SMARTS) is 1. The first-order valence-corrected chi connectivity index (χ1v) is 5.91. The molecule has 5 heteroatoms. The van der Waals surface area contributed by atoms with E-state index >= 15 is 0 Å². The summed E-state index contributed by atoms with van der Waals surface area (Å²) >= 11 is 0. The van der Waals surface area contributed by atoms with Gasteiger partial charge in [-0.05, 0) is 32.1 Å². The first kappa shape index (κ1) is 15.9. The van der Waals surface area contributed by atoms with E-state index in [1.165, 1.54) is 0 Å². The normalized spacial score (nSPS) is 14.8. The molecule has 5 nitrogen and oxygen atoms in total. The highest BCUT2D eigenvalue weighted by molar-refractivity contribution is 5.77. The van der Waals surface area contributed by atoms with Crippen LogP contribution in [0.5, 0.6) is 0 Å². The third kappa shape index (κ3) is 6.94. The number of hydrogen-bond acceptors (Lipinski definition) is 4. The summed E-state index contributed by atoms with van der Waals surface area (Å²) in [6, 6.07) is -0.865. The Hall–Kier alpha value is -1.10. The van der Waals surface area contributed by atoms with Crippen LogP contribution in [0, 0.1) is 11.8 Å². The quantitative estimate of drug-likeness (QED) is 0.662. The van der Waals surface area contributed by atoms with Crippen LogP contribution in [0.25, 0.3) is 0 Å². The average molecular weight is 245 g/mol. The summed E-state index contributed by atoms with van der Waals surface area (Å²) in [5.41, 5.74) is 5.77. The molecule has 0 aliphatic rings. The number of carbonyl (C=O) groups is 2. The number of rotatable bonds is 7. The lowest BCUT2D eigenvalue weighted by molar-refractivity contribution is -0.151. The smallest absolute Gasteiger partial charge is 0.323 e. The fraction of sp³-hybridized carbons (Fsp3) is 0.833. The van der Waals surface area contributed by atoms with Crippen molar-refractivity contribution in [1.82, 2.24) is 0 Å². The van der Waals surface area contributed by atoms with E-state index in [4.69, 9.17) is 15.6 Å². The Kier molecular flexibility index (Phi) is 6.80. The van der Waals surface area contributed by atoms with Crippen LogP contribution < -0.4 is 5.73 Å². The van der Waals surface area contributed by atoms with Crippen molar-refractivity contribution in [1.29, 1.82) is 0 Å². The van der Waals surface area contributed by atoms with Gasteiger partial charge in [-0.25, -0.2) is 0 Å². The topological polar surface area (TPSA) is 89.6 Å². The third-order valence-corrected chi connectivity index (χ3v) is 2.34. The molecule has 17 heavy (non-hydrogen) atoms. The van der Waals surface area contributed by atoms with Gasteiger partial charge in [0.05, 0.1) is 12.5 Å². The van der Waals surface area contributed by atoms with Crippen molar-refractivity contribution in [2.24, 2.45) is 17.6 Å². The van der Waals surface area contributed by atoms with Crippen LogP contribution in [-0.2, 0) is 14.3 Å². The van der Waals surface area contributed by atoms with Gasteiger partial charge in [-0.1, -0.05) is 13.8 Å². The van der Waals surface area contributed by atoms with Crippen molar-refractivity contribution in [2.75, 3.05) is 0 Å². The van der Waals surface area contributed by atoms with Gasteiger partial charge in [-0.15, -0.1) is 0 Å². The highest BCUT2D eigenvalue weighted by Crippen LogP contribution is 2.19. The average Bonchev–Trinajstić information content (AvgIpc) is 2.12. The first-order chi connectivity index (χ1) is 7.73. The van der Waals surface area contributed by atoms with Crippen molar-refractivity contribution < 1.29 is 19.4 Å². The molecule has 0 rings (SSSR count). The largest absolute Gasteiger partial charge is 0.481 e. The Balaban J connectivity index is 4.55. The SMILES string of the molecule is CC(C)CC(CC(=O)O)C(N)C(=O)OC(C)C. The Labute approximate surface area is 102 Å². The minimum atomic E-state index is -0.941. The monoisotopic (exact) mass is 245 g/mol. The van der Waals surface area contributed by atoms with Gasteiger partial charge in [0.2, 0.25) is 0 Å². The van der Waals surface area contributed by atoms with Gasteiger partial charge < -0.3 is 15.6 Å². The number of carboxylic acids is 1. The molecular formula is C12H23NO4. The van der Waals surface area contributed by atoms with Gasteiger partial charge in [0.1, 0.15) is 6.04 Å². The molecule has 100 valence electrons. The Morgan fingerprint density at radius 2 is 1.76 bits per heavy atom. The first-order valence-electron chi connectivity index (χ1n) is 5.91. The molecule has 0 aliphatic heterocycles. The summed E-state index contributed by atoms with van der Waals surface area (Å²) < 4.78 is 5.00. The predicted octanol–water partition coefficient (Wildman–Crippen LogP) is 1.40. The molecule has 0 bridgehead atoms. The maximum absolute atomic E-state index is 11.6. The van der Waals surface area contributed by atoms with Crippen LogP contribution in [-0.4, -0.2) is 29.2 Å². The molecule has 0 aromatic heterocycles. The second-order valence-corrected chi connectivity index (χ2v) is 5.00. The van der Waals surface area contributed by atoms with E-state index in [1.54, 1.807) is 13.8 Å². The summed E-state index contributed by atoms with van der Waals surface area (Å²) in [6.07, 6.45) is 0.255. The van der Waals surface area contributed by atoms with E-state index in [0.29, 0.717) is 6.42 Å². The molecule has 3 N–H and O–H groups in total. The van der Waals surface area contributed by atoms with E-state index in [9.17, 15) is 9.59 Å². The number of ether oxygens (including phenoxy) is 1. The molecule has 0 fully saturated rings. The van der Waals surface area contributed by atoms with Crippen molar-refractivity contribution >= 4 is 11.9 Å². The molecular weight excluding hydrogens is 222 g/mol. The molecule has 0 spiro atoms. The Morgan fingerprint density at radius 3 is 2.12 bits per heavy atom. The van der Waals surface area contributed by atoms with Crippen LogP contribution in [0.4, 0.5) is 0 Å². The van der Waals surface area contributed by atoms with Gasteiger partial charge in [-0.3, -0.25) is 9.59 Å².